The molecule has 0 aliphatic carbocycles. The van der Waals surface area contributed by atoms with E-state index in [0.29, 0.717) is 17.5 Å². The van der Waals surface area contributed by atoms with E-state index >= 15 is 0 Å². The van der Waals surface area contributed by atoms with Gasteiger partial charge in [-0.1, -0.05) is 158 Å². The van der Waals surface area contributed by atoms with E-state index in [-0.39, 0.29) is 0 Å². The minimum atomic E-state index is 0.609. The number of benzene rings is 8. The zero-order chi connectivity index (χ0) is 39.6. The van der Waals surface area contributed by atoms with Crippen molar-refractivity contribution in [3.8, 4) is 62.2 Å². The van der Waals surface area contributed by atoms with Crippen molar-refractivity contribution in [2.24, 2.45) is 0 Å². The molecule has 280 valence electrons. The second-order valence-electron chi connectivity index (χ2n) is 15.0. The largest absolute Gasteiger partial charge is 0.309 e. The van der Waals surface area contributed by atoms with Crippen molar-refractivity contribution < 1.29 is 0 Å². The van der Waals surface area contributed by atoms with Crippen molar-refractivity contribution in [1.29, 1.82) is 0 Å². The van der Waals surface area contributed by atoms with Gasteiger partial charge in [-0.15, -0.1) is 11.3 Å². The quantitative estimate of drug-likeness (QED) is 0.169. The van der Waals surface area contributed by atoms with Crippen LogP contribution >= 0.6 is 11.3 Å². The average molecular weight is 784 g/mol. The van der Waals surface area contributed by atoms with Crippen LogP contribution < -0.4 is 0 Å². The van der Waals surface area contributed by atoms with Crippen molar-refractivity contribution in [2.45, 2.75) is 0 Å². The lowest BCUT2D eigenvalue weighted by Gasteiger charge is -2.12. The van der Waals surface area contributed by atoms with Gasteiger partial charge in [0.2, 0.25) is 0 Å². The molecule has 0 atom stereocenters. The molecular formula is C54H33N5S. The number of para-hydroxylation sites is 2. The van der Waals surface area contributed by atoms with Gasteiger partial charge >= 0.3 is 0 Å². The highest BCUT2D eigenvalue weighted by molar-refractivity contribution is 7.25. The SMILES string of the molecule is c1ccc(-c2ccc(-c3nc(-c4ccc(-c5nc6sc7ccccc7c6c6ccccc56)cc4)nc(-c4ccc(-n5c6ccccc6c6ccccc65)cc4)n3)cc2)cc1. The van der Waals surface area contributed by atoms with E-state index < -0.39 is 0 Å². The maximum absolute atomic E-state index is 5.28. The van der Waals surface area contributed by atoms with E-state index in [1.54, 1.807) is 11.3 Å². The molecule has 0 saturated carbocycles. The van der Waals surface area contributed by atoms with Gasteiger partial charge in [0.1, 0.15) is 4.83 Å². The first kappa shape index (κ1) is 34.3. The number of pyridine rings is 1. The molecule has 0 unspecified atom stereocenters. The van der Waals surface area contributed by atoms with Crippen LogP contribution in [0.3, 0.4) is 0 Å². The number of hydrogen-bond acceptors (Lipinski definition) is 5. The first-order valence-corrected chi connectivity index (χ1v) is 20.9. The number of hydrogen-bond donors (Lipinski definition) is 0. The van der Waals surface area contributed by atoms with Crippen molar-refractivity contribution in [3.05, 3.63) is 200 Å². The predicted octanol–water partition coefficient (Wildman–Crippen LogP) is 14.2. The smallest absolute Gasteiger partial charge is 0.164 e. The highest BCUT2D eigenvalue weighted by atomic mass is 32.1. The average Bonchev–Trinajstić information content (AvgIpc) is 3.88. The van der Waals surface area contributed by atoms with Crippen LogP contribution in [-0.4, -0.2) is 24.5 Å². The molecule has 0 fully saturated rings. The van der Waals surface area contributed by atoms with Gasteiger partial charge in [-0.2, -0.15) is 0 Å². The van der Waals surface area contributed by atoms with Crippen molar-refractivity contribution in [3.63, 3.8) is 0 Å². The minimum absolute atomic E-state index is 0.609. The molecular weight excluding hydrogens is 751 g/mol. The Balaban J connectivity index is 0.963. The van der Waals surface area contributed by atoms with Crippen LogP contribution in [-0.2, 0) is 0 Å². The summed E-state index contributed by atoms with van der Waals surface area (Å²) in [7, 11) is 0. The highest BCUT2D eigenvalue weighted by Gasteiger charge is 2.18. The summed E-state index contributed by atoms with van der Waals surface area (Å²) in [5.41, 5.74) is 10.5. The first-order valence-electron chi connectivity index (χ1n) is 20.1. The van der Waals surface area contributed by atoms with Gasteiger partial charge in [-0.25, -0.2) is 19.9 Å². The second kappa shape index (κ2) is 13.9. The van der Waals surface area contributed by atoms with Gasteiger partial charge < -0.3 is 4.57 Å². The molecule has 0 amide bonds. The summed E-state index contributed by atoms with van der Waals surface area (Å²) < 4.78 is 3.57. The highest BCUT2D eigenvalue weighted by Crippen LogP contribution is 2.41. The van der Waals surface area contributed by atoms with Crippen LogP contribution in [0.2, 0.25) is 0 Å². The predicted molar refractivity (Wildman–Crippen MR) is 250 cm³/mol. The van der Waals surface area contributed by atoms with E-state index in [2.05, 4.69) is 199 Å². The lowest BCUT2D eigenvalue weighted by Crippen LogP contribution is -2.01. The third kappa shape index (κ3) is 5.69. The van der Waals surface area contributed by atoms with Gasteiger partial charge in [0.25, 0.3) is 0 Å². The zero-order valence-electron chi connectivity index (χ0n) is 32.2. The lowest BCUT2D eigenvalue weighted by molar-refractivity contribution is 1.07. The number of thiophene rings is 1. The molecule has 0 bridgehead atoms. The molecule has 12 aromatic rings. The molecule has 4 heterocycles. The fourth-order valence-electron chi connectivity index (χ4n) is 8.60. The Kier molecular flexibility index (Phi) is 7.96. The molecule has 0 radical (unpaired) electrons. The van der Waals surface area contributed by atoms with Gasteiger partial charge in [0, 0.05) is 59.6 Å². The molecule has 0 aliphatic rings. The van der Waals surface area contributed by atoms with E-state index in [4.69, 9.17) is 19.9 Å². The number of aromatic nitrogens is 5. The fraction of sp³-hybridized carbons (Fsp3) is 0. The Labute approximate surface area is 349 Å². The van der Waals surface area contributed by atoms with Crippen LogP contribution in [0.4, 0.5) is 0 Å². The Hall–Kier alpha value is -7.80. The molecule has 4 aromatic heterocycles. The van der Waals surface area contributed by atoms with Gasteiger partial charge in [0.05, 0.1) is 16.7 Å². The third-order valence-corrected chi connectivity index (χ3v) is 12.6. The fourth-order valence-corrected chi connectivity index (χ4v) is 9.70. The molecule has 12 rings (SSSR count). The molecule has 0 saturated heterocycles. The summed E-state index contributed by atoms with van der Waals surface area (Å²) in [6.45, 7) is 0. The van der Waals surface area contributed by atoms with Crippen molar-refractivity contribution >= 4 is 64.2 Å². The number of fused-ring (bicyclic) bond motifs is 8. The summed E-state index contributed by atoms with van der Waals surface area (Å²) in [6, 6.07) is 70.3. The summed E-state index contributed by atoms with van der Waals surface area (Å²) in [6.07, 6.45) is 0. The molecule has 8 aromatic carbocycles. The lowest BCUT2D eigenvalue weighted by atomic mass is 10.00. The number of rotatable bonds is 6. The van der Waals surface area contributed by atoms with Crippen LogP contribution in [0, 0.1) is 0 Å². The molecule has 6 heteroatoms. The van der Waals surface area contributed by atoms with Gasteiger partial charge in [-0.3, -0.25) is 0 Å². The minimum Gasteiger partial charge on any atom is -0.309 e. The van der Waals surface area contributed by atoms with Crippen molar-refractivity contribution in [1.82, 2.24) is 24.5 Å². The van der Waals surface area contributed by atoms with E-state index in [1.807, 2.05) is 6.07 Å². The summed E-state index contributed by atoms with van der Waals surface area (Å²) in [5, 5.41) is 7.29. The van der Waals surface area contributed by atoms with Gasteiger partial charge in [-0.05, 0) is 59.0 Å². The van der Waals surface area contributed by atoms with E-state index in [1.165, 1.54) is 48.2 Å². The van der Waals surface area contributed by atoms with Crippen LogP contribution in [0.1, 0.15) is 0 Å². The zero-order valence-corrected chi connectivity index (χ0v) is 33.0. The Morgan fingerprint density at radius 2 is 0.750 bits per heavy atom. The monoisotopic (exact) mass is 783 g/mol. The van der Waals surface area contributed by atoms with Crippen LogP contribution in [0.25, 0.3) is 115 Å². The Morgan fingerprint density at radius 1 is 0.317 bits per heavy atom. The Bertz CT molecular complexity index is 3520. The molecule has 0 spiro atoms. The molecule has 5 nitrogen and oxygen atoms in total. The topological polar surface area (TPSA) is 56.5 Å². The Morgan fingerprint density at radius 3 is 1.35 bits per heavy atom. The molecule has 0 N–H and O–H groups in total. The third-order valence-electron chi connectivity index (χ3n) is 11.5. The normalized spacial score (nSPS) is 11.7. The molecule has 60 heavy (non-hydrogen) atoms. The number of nitrogens with zero attached hydrogens (tertiary/aromatic N) is 5. The summed E-state index contributed by atoms with van der Waals surface area (Å²) in [5.74, 6) is 1.84. The second-order valence-corrected chi connectivity index (χ2v) is 16.1. The van der Waals surface area contributed by atoms with Gasteiger partial charge in [0.15, 0.2) is 17.5 Å². The van der Waals surface area contributed by atoms with Crippen LogP contribution in [0.15, 0.2) is 200 Å². The van der Waals surface area contributed by atoms with E-state index in [0.717, 1.165) is 49.4 Å². The summed E-state index contributed by atoms with van der Waals surface area (Å²) >= 11 is 1.75. The van der Waals surface area contributed by atoms with Crippen LogP contribution in [0.5, 0.6) is 0 Å². The maximum atomic E-state index is 5.28. The molecule has 0 aliphatic heterocycles. The summed E-state index contributed by atoms with van der Waals surface area (Å²) in [4.78, 5) is 21.7. The van der Waals surface area contributed by atoms with Crippen molar-refractivity contribution in [2.75, 3.05) is 0 Å². The van der Waals surface area contributed by atoms with E-state index in [9.17, 15) is 0 Å². The standard InChI is InChI=1S/C54H33N5S/c1-2-12-34(13-3-1)35-22-26-37(27-23-35)51-56-52(58-53(57-51)39-30-32-40(33-31-39)59-46-19-9-6-14-41(46)42-15-7-10-20-47(42)59)38-28-24-36(25-29-38)50-44-17-5-4-16-43(44)49-45-18-8-11-21-48(45)60-54(49)55-50/h1-33H. The first-order chi connectivity index (χ1) is 29.7. The maximum Gasteiger partial charge on any atom is 0.164 e.